The van der Waals surface area contributed by atoms with Gasteiger partial charge in [-0.25, -0.2) is 4.98 Å². The highest BCUT2D eigenvalue weighted by molar-refractivity contribution is 7.80. The van der Waals surface area contributed by atoms with E-state index in [9.17, 15) is 4.79 Å². The highest BCUT2D eigenvalue weighted by atomic mass is 32.1. The van der Waals surface area contributed by atoms with Gasteiger partial charge in [0.1, 0.15) is 10.8 Å². The van der Waals surface area contributed by atoms with E-state index < -0.39 is 0 Å². The van der Waals surface area contributed by atoms with Gasteiger partial charge in [0.25, 0.3) is 0 Å². The van der Waals surface area contributed by atoms with E-state index in [1.165, 1.54) is 0 Å². The number of hydrogen-bond donors (Lipinski definition) is 2. The number of aryl methyl sites for hydroxylation is 1. The molecular formula is C14H22N4OS. The van der Waals surface area contributed by atoms with E-state index in [0.717, 1.165) is 11.3 Å². The second-order valence-corrected chi connectivity index (χ2v) is 5.71. The van der Waals surface area contributed by atoms with Crippen molar-refractivity contribution in [1.82, 2.24) is 10.3 Å². The molecule has 0 bridgehead atoms. The summed E-state index contributed by atoms with van der Waals surface area (Å²) in [4.78, 5) is 18.3. The molecule has 6 heteroatoms. The van der Waals surface area contributed by atoms with Crippen LogP contribution in [0.15, 0.2) is 12.1 Å². The van der Waals surface area contributed by atoms with Crippen LogP contribution in [0.5, 0.6) is 0 Å². The Morgan fingerprint density at radius 3 is 2.70 bits per heavy atom. The molecule has 1 rings (SSSR count). The number of nitrogens with two attached hydrogens (primary N) is 1. The van der Waals surface area contributed by atoms with Gasteiger partial charge in [-0.2, -0.15) is 0 Å². The van der Waals surface area contributed by atoms with Crippen molar-refractivity contribution >= 4 is 28.9 Å². The molecule has 0 aromatic carbocycles. The molecule has 0 fully saturated rings. The molecule has 0 unspecified atom stereocenters. The first-order chi connectivity index (χ1) is 9.29. The third-order valence-corrected chi connectivity index (χ3v) is 2.94. The number of anilines is 1. The molecule has 1 aromatic heterocycles. The Kier molecular flexibility index (Phi) is 5.88. The number of nitrogens with one attached hydrogen (secondary N) is 1. The second-order valence-electron chi connectivity index (χ2n) is 5.27. The maximum absolute atomic E-state index is 11.8. The third-order valence-electron chi connectivity index (χ3n) is 2.70. The molecular weight excluding hydrogens is 272 g/mol. The Bertz CT molecular complexity index is 502. The van der Waals surface area contributed by atoms with Crippen molar-refractivity contribution < 1.29 is 4.79 Å². The van der Waals surface area contributed by atoms with Crippen molar-refractivity contribution in [2.75, 3.05) is 25.0 Å². The molecule has 0 radical (unpaired) electrons. The van der Waals surface area contributed by atoms with Gasteiger partial charge in [0.2, 0.25) is 5.91 Å². The van der Waals surface area contributed by atoms with Crippen LogP contribution >= 0.6 is 12.2 Å². The van der Waals surface area contributed by atoms with Gasteiger partial charge in [0, 0.05) is 24.8 Å². The van der Waals surface area contributed by atoms with Crippen molar-refractivity contribution in [3.05, 3.63) is 23.4 Å². The van der Waals surface area contributed by atoms with E-state index in [1.807, 2.05) is 20.0 Å². The number of nitrogens with zero attached hydrogens (tertiary/aromatic N) is 2. The average molecular weight is 294 g/mol. The van der Waals surface area contributed by atoms with Crippen molar-refractivity contribution in [3.8, 4) is 0 Å². The molecule has 0 aliphatic heterocycles. The fraction of sp³-hybridized carbons (Fsp3) is 0.500. The van der Waals surface area contributed by atoms with Crippen LogP contribution in [0.2, 0.25) is 0 Å². The predicted molar refractivity (Wildman–Crippen MR) is 86.0 cm³/mol. The summed E-state index contributed by atoms with van der Waals surface area (Å²) in [6.45, 7) is 6.91. The van der Waals surface area contributed by atoms with Crippen molar-refractivity contribution in [1.29, 1.82) is 0 Å². The van der Waals surface area contributed by atoms with Gasteiger partial charge in [0.15, 0.2) is 0 Å². The zero-order chi connectivity index (χ0) is 15.3. The van der Waals surface area contributed by atoms with E-state index in [4.69, 9.17) is 18.0 Å². The molecule has 5 nitrogen and oxygen atoms in total. The number of carbonyl (C=O) groups excluding carboxylic acids is 1. The van der Waals surface area contributed by atoms with Crippen molar-refractivity contribution in [2.45, 2.75) is 20.8 Å². The van der Waals surface area contributed by atoms with Crippen LogP contribution < -0.4 is 16.0 Å². The summed E-state index contributed by atoms with van der Waals surface area (Å²) in [7, 11) is 1.82. The topological polar surface area (TPSA) is 71.2 Å². The molecule has 3 N–H and O–H groups in total. The zero-order valence-corrected chi connectivity index (χ0v) is 13.3. The Labute approximate surface area is 125 Å². The van der Waals surface area contributed by atoms with Gasteiger partial charge in [-0.3, -0.25) is 4.79 Å². The molecule has 1 heterocycles. The number of carbonyl (C=O) groups is 1. The quantitative estimate of drug-likeness (QED) is 0.772. The van der Waals surface area contributed by atoms with E-state index >= 15 is 0 Å². The molecule has 110 valence electrons. The first kappa shape index (κ1) is 16.4. The standard InChI is InChI=1S/C14H22N4OS/c1-9(2)7-16-13(19)8-18(4)12-6-11(14(15)20)5-10(3)17-12/h5-6,9H,7-8H2,1-4H3,(H2,15,20)(H,16,19). The average Bonchev–Trinajstić information content (AvgIpc) is 2.35. The molecule has 0 atom stereocenters. The number of aromatic nitrogens is 1. The SMILES string of the molecule is Cc1cc(C(N)=S)cc(N(C)CC(=O)NCC(C)C)n1. The van der Waals surface area contributed by atoms with Gasteiger partial charge in [-0.15, -0.1) is 0 Å². The lowest BCUT2D eigenvalue weighted by Gasteiger charge is -2.19. The molecule has 0 saturated carbocycles. The normalized spacial score (nSPS) is 10.4. The smallest absolute Gasteiger partial charge is 0.239 e. The summed E-state index contributed by atoms with van der Waals surface area (Å²) in [6.07, 6.45) is 0. The van der Waals surface area contributed by atoms with Crippen LogP contribution in [0.4, 0.5) is 5.82 Å². The van der Waals surface area contributed by atoms with Crippen LogP contribution in [-0.4, -0.2) is 36.0 Å². The minimum absolute atomic E-state index is 0.0265. The largest absolute Gasteiger partial charge is 0.389 e. The Balaban J connectivity index is 2.74. The van der Waals surface area contributed by atoms with E-state index in [-0.39, 0.29) is 12.5 Å². The number of hydrogen-bond acceptors (Lipinski definition) is 4. The lowest BCUT2D eigenvalue weighted by atomic mass is 10.2. The van der Waals surface area contributed by atoms with E-state index in [0.29, 0.717) is 23.3 Å². The predicted octanol–water partition coefficient (Wildman–Crippen LogP) is 1.23. The van der Waals surface area contributed by atoms with Crippen LogP contribution in [0, 0.1) is 12.8 Å². The summed E-state index contributed by atoms with van der Waals surface area (Å²) in [5.41, 5.74) is 7.22. The first-order valence-corrected chi connectivity index (χ1v) is 6.96. The summed E-state index contributed by atoms with van der Waals surface area (Å²) in [5.74, 6) is 1.09. The number of amides is 1. The summed E-state index contributed by atoms with van der Waals surface area (Å²) >= 11 is 4.98. The molecule has 1 aromatic rings. The number of thiocarbonyl (C=S) groups is 1. The van der Waals surface area contributed by atoms with Gasteiger partial charge in [-0.1, -0.05) is 26.1 Å². The minimum Gasteiger partial charge on any atom is -0.389 e. The lowest BCUT2D eigenvalue weighted by Crippen LogP contribution is -2.37. The van der Waals surface area contributed by atoms with Crippen LogP contribution in [0.25, 0.3) is 0 Å². The van der Waals surface area contributed by atoms with Crippen LogP contribution in [-0.2, 0) is 4.79 Å². The van der Waals surface area contributed by atoms with E-state index in [2.05, 4.69) is 24.1 Å². The zero-order valence-electron chi connectivity index (χ0n) is 12.4. The third kappa shape index (κ3) is 5.13. The minimum atomic E-state index is -0.0265. The summed E-state index contributed by atoms with van der Waals surface area (Å²) < 4.78 is 0. The monoisotopic (exact) mass is 294 g/mol. The Morgan fingerprint density at radius 1 is 1.50 bits per heavy atom. The number of rotatable bonds is 6. The lowest BCUT2D eigenvalue weighted by molar-refractivity contribution is -0.119. The maximum atomic E-state index is 11.8. The van der Waals surface area contributed by atoms with Gasteiger partial charge >= 0.3 is 0 Å². The summed E-state index contributed by atoms with van der Waals surface area (Å²) in [5, 5.41) is 2.88. The van der Waals surface area contributed by atoms with Crippen molar-refractivity contribution in [2.24, 2.45) is 11.7 Å². The molecule has 0 spiro atoms. The highest BCUT2D eigenvalue weighted by Crippen LogP contribution is 2.13. The number of likely N-dealkylation sites (N-methyl/N-ethyl adjacent to an activating group) is 1. The molecule has 0 saturated heterocycles. The fourth-order valence-corrected chi connectivity index (χ4v) is 1.78. The van der Waals surface area contributed by atoms with Gasteiger partial charge < -0.3 is 16.0 Å². The molecule has 1 amide bonds. The van der Waals surface area contributed by atoms with Gasteiger partial charge in [0.05, 0.1) is 6.54 Å². The van der Waals surface area contributed by atoms with E-state index in [1.54, 1.807) is 11.0 Å². The van der Waals surface area contributed by atoms with Crippen LogP contribution in [0.1, 0.15) is 25.1 Å². The van der Waals surface area contributed by atoms with Gasteiger partial charge in [-0.05, 0) is 25.0 Å². The Morgan fingerprint density at radius 2 is 2.15 bits per heavy atom. The molecule has 0 aliphatic rings. The highest BCUT2D eigenvalue weighted by Gasteiger charge is 2.11. The molecule has 0 aliphatic carbocycles. The second kappa shape index (κ2) is 7.19. The Hall–Kier alpha value is -1.69. The fourth-order valence-electron chi connectivity index (χ4n) is 1.66. The van der Waals surface area contributed by atoms with Crippen LogP contribution in [0.3, 0.4) is 0 Å². The number of pyridine rings is 1. The molecule has 20 heavy (non-hydrogen) atoms. The first-order valence-electron chi connectivity index (χ1n) is 6.56. The maximum Gasteiger partial charge on any atom is 0.239 e. The summed E-state index contributed by atoms with van der Waals surface area (Å²) in [6, 6.07) is 3.63. The van der Waals surface area contributed by atoms with Crippen molar-refractivity contribution in [3.63, 3.8) is 0 Å².